The summed E-state index contributed by atoms with van der Waals surface area (Å²) >= 11 is 0. The highest BCUT2D eigenvalue weighted by molar-refractivity contribution is 7.39. The standard InChI is InChI=1S/C26H27BN3P/c1-26(2)16-21-20-14-9-15-22(24(20)29-25(21)31-17-30(26)27)28-23(18-10-5-3-6-11-18)19-12-7-4-8-13-19/h3-15,21,25,29,31H,16-17H2,1-2H3. The number of hydrogen-bond acceptors (Lipinski definition) is 3. The number of hydrogen-bond donors (Lipinski definition) is 1. The van der Waals surface area contributed by atoms with E-state index in [-0.39, 0.29) is 5.54 Å². The molecule has 1 N–H and O–H groups in total. The van der Waals surface area contributed by atoms with E-state index in [1.54, 1.807) is 0 Å². The molecule has 31 heavy (non-hydrogen) atoms. The SMILES string of the molecule is [B]N1CPC2Nc3c(N=C(c4ccccc4)c4ccccc4)cccc3C2CC1(C)C. The van der Waals surface area contributed by atoms with Crippen molar-refractivity contribution in [3.8, 4) is 0 Å². The second kappa shape index (κ2) is 8.26. The van der Waals surface area contributed by atoms with Gasteiger partial charge in [0.05, 0.1) is 22.9 Å². The molecule has 2 aliphatic heterocycles. The Morgan fingerprint density at radius 3 is 2.26 bits per heavy atom. The molecular weight excluding hydrogens is 396 g/mol. The molecule has 3 atom stereocenters. The minimum atomic E-state index is -0.0196. The van der Waals surface area contributed by atoms with Gasteiger partial charge in [-0.15, -0.1) is 0 Å². The fourth-order valence-corrected chi connectivity index (χ4v) is 6.30. The quantitative estimate of drug-likeness (QED) is 0.323. The molecule has 0 spiro atoms. The van der Waals surface area contributed by atoms with Crippen molar-refractivity contribution in [1.82, 2.24) is 4.81 Å². The number of anilines is 1. The number of para-hydroxylation sites is 1. The van der Waals surface area contributed by atoms with E-state index in [9.17, 15) is 0 Å². The number of nitrogens with one attached hydrogen (secondary N) is 1. The van der Waals surface area contributed by atoms with E-state index in [0.717, 1.165) is 43.8 Å². The van der Waals surface area contributed by atoms with Gasteiger partial charge in [0, 0.05) is 28.9 Å². The van der Waals surface area contributed by atoms with Crippen LogP contribution < -0.4 is 5.32 Å². The topological polar surface area (TPSA) is 27.6 Å². The molecule has 2 heterocycles. The van der Waals surface area contributed by atoms with Gasteiger partial charge < -0.3 is 10.1 Å². The zero-order valence-corrected chi connectivity index (χ0v) is 19.0. The largest absolute Gasteiger partial charge is 0.376 e. The van der Waals surface area contributed by atoms with Crippen LogP contribution in [0.15, 0.2) is 83.9 Å². The fraction of sp³-hybridized carbons (Fsp3) is 0.269. The maximum Gasteiger partial charge on any atom is 0.183 e. The summed E-state index contributed by atoms with van der Waals surface area (Å²) < 4.78 is 0. The van der Waals surface area contributed by atoms with Crippen molar-refractivity contribution in [2.24, 2.45) is 4.99 Å². The normalized spacial score (nSPS) is 22.8. The molecule has 2 aliphatic rings. The van der Waals surface area contributed by atoms with E-state index in [0.29, 0.717) is 11.7 Å². The summed E-state index contributed by atoms with van der Waals surface area (Å²) in [6.45, 7) is 4.51. The number of rotatable bonds is 3. The van der Waals surface area contributed by atoms with Crippen molar-refractivity contribution >= 4 is 33.6 Å². The van der Waals surface area contributed by atoms with Crippen LogP contribution in [0, 0.1) is 0 Å². The first-order valence-electron chi connectivity index (χ1n) is 10.9. The summed E-state index contributed by atoms with van der Waals surface area (Å²) in [6, 6.07) is 27.4. The van der Waals surface area contributed by atoms with Crippen molar-refractivity contribution in [3.05, 3.63) is 95.6 Å². The number of fused-ring (bicyclic) bond motifs is 3. The van der Waals surface area contributed by atoms with Crippen molar-refractivity contribution in [3.63, 3.8) is 0 Å². The smallest absolute Gasteiger partial charge is 0.183 e. The Hall–Kier alpha value is -2.42. The number of aliphatic imine (C=N–C) groups is 1. The third-order valence-corrected chi connectivity index (χ3v) is 7.99. The Morgan fingerprint density at radius 2 is 1.61 bits per heavy atom. The van der Waals surface area contributed by atoms with Gasteiger partial charge >= 0.3 is 0 Å². The lowest BCUT2D eigenvalue weighted by Gasteiger charge is -2.35. The van der Waals surface area contributed by atoms with Crippen LogP contribution in [-0.4, -0.2) is 36.1 Å². The third-order valence-electron chi connectivity index (χ3n) is 6.48. The molecule has 3 nitrogen and oxygen atoms in total. The predicted molar refractivity (Wildman–Crippen MR) is 134 cm³/mol. The van der Waals surface area contributed by atoms with Crippen molar-refractivity contribution in [2.75, 3.05) is 11.6 Å². The minimum Gasteiger partial charge on any atom is -0.376 e. The zero-order valence-electron chi connectivity index (χ0n) is 18.0. The molecular formula is C26H27BN3P. The van der Waals surface area contributed by atoms with E-state index in [1.165, 1.54) is 11.3 Å². The molecule has 0 aromatic heterocycles. The van der Waals surface area contributed by atoms with Crippen molar-refractivity contribution in [2.45, 2.75) is 37.5 Å². The van der Waals surface area contributed by atoms with E-state index in [2.05, 4.69) is 85.9 Å². The number of nitrogens with zero attached hydrogens (tertiary/aromatic N) is 2. The molecule has 0 bridgehead atoms. The molecule has 0 amide bonds. The van der Waals surface area contributed by atoms with Crippen LogP contribution in [0.3, 0.4) is 0 Å². The first kappa shape index (κ1) is 20.5. The third kappa shape index (κ3) is 3.95. The maximum atomic E-state index is 6.35. The highest BCUT2D eigenvalue weighted by atomic mass is 31.1. The molecule has 1 saturated heterocycles. The van der Waals surface area contributed by atoms with Gasteiger partial charge in [0.15, 0.2) is 7.98 Å². The van der Waals surface area contributed by atoms with Crippen LogP contribution >= 0.6 is 8.58 Å². The van der Waals surface area contributed by atoms with Gasteiger partial charge in [0.2, 0.25) is 0 Å². The Morgan fingerprint density at radius 1 is 0.968 bits per heavy atom. The Labute approximate surface area is 188 Å². The van der Waals surface area contributed by atoms with Crippen molar-refractivity contribution < 1.29 is 0 Å². The first-order chi connectivity index (χ1) is 15.0. The van der Waals surface area contributed by atoms with E-state index in [1.807, 2.05) is 16.9 Å². The summed E-state index contributed by atoms with van der Waals surface area (Å²) in [5, 5.41) is 3.83. The van der Waals surface area contributed by atoms with E-state index in [4.69, 9.17) is 13.0 Å². The molecule has 0 aliphatic carbocycles. The predicted octanol–water partition coefficient (Wildman–Crippen LogP) is 5.89. The summed E-state index contributed by atoms with van der Waals surface area (Å²) in [4.78, 5) is 7.25. The van der Waals surface area contributed by atoms with Gasteiger partial charge in [0.25, 0.3) is 0 Å². The minimum absolute atomic E-state index is 0.0196. The maximum absolute atomic E-state index is 6.35. The van der Waals surface area contributed by atoms with Crippen LogP contribution in [0.1, 0.15) is 42.9 Å². The number of benzene rings is 3. The molecule has 2 radical (unpaired) electrons. The lowest BCUT2D eigenvalue weighted by Crippen LogP contribution is -2.41. The fourth-order valence-electron chi connectivity index (χ4n) is 4.65. The lowest BCUT2D eigenvalue weighted by molar-refractivity contribution is 0.241. The molecule has 3 aromatic carbocycles. The summed E-state index contributed by atoms with van der Waals surface area (Å²) in [7, 11) is 7.10. The average Bonchev–Trinajstić information content (AvgIpc) is 3.09. The molecule has 5 heteroatoms. The van der Waals surface area contributed by atoms with Gasteiger partial charge in [-0.05, 0) is 31.9 Å². The van der Waals surface area contributed by atoms with Gasteiger partial charge in [-0.1, -0.05) is 81.4 Å². The Balaban J connectivity index is 1.60. The second-order valence-corrected chi connectivity index (χ2v) is 10.4. The van der Waals surface area contributed by atoms with Gasteiger partial charge in [-0.2, -0.15) is 0 Å². The van der Waals surface area contributed by atoms with Gasteiger partial charge in [-0.3, -0.25) is 0 Å². The van der Waals surface area contributed by atoms with E-state index < -0.39 is 0 Å². The van der Waals surface area contributed by atoms with Crippen LogP contribution in [0.4, 0.5) is 11.4 Å². The molecule has 0 saturated carbocycles. The monoisotopic (exact) mass is 423 g/mol. The zero-order chi connectivity index (χ0) is 21.4. The summed E-state index contributed by atoms with van der Waals surface area (Å²) in [5.41, 5.74) is 6.81. The Bertz CT molecular complexity index is 1060. The lowest BCUT2D eigenvalue weighted by atomic mass is 9.84. The van der Waals surface area contributed by atoms with Crippen LogP contribution in [-0.2, 0) is 0 Å². The van der Waals surface area contributed by atoms with E-state index >= 15 is 0 Å². The first-order valence-corrected chi connectivity index (χ1v) is 12.2. The molecule has 3 unspecified atom stereocenters. The van der Waals surface area contributed by atoms with Crippen LogP contribution in [0.25, 0.3) is 0 Å². The van der Waals surface area contributed by atoms with Crippen molar-refractivity contribution in [1.29, 1.82) is 0 Å². The second-order valence-electron chi connectivity index (χ2n) is 9.01. The van der Waals surface area contributed by atoms with Crippen LogP contribution in [0.5, 0.6) is 0 Å². The summed E-state index contributed by atoms with van der Waals surface area (Å²) in [6.07, 6.45) is 1.96. The average molecular weight is 423 g/mol. The van der Waals surface area contributed by atoms with Gasteiger partial charge in [-0.25, -0.2) is 4.99 Å². The highest BCUT2D eigenvalue weighted by Gasteiger charge is 2.41. The Kier molecular flexibility index (Phi) is 5.46. The molecule has 3 aromatic rings. The highest BCUT2D eigenvalue weighted by Crippen LogP contribution is 2.52. The summed E-state index contributed by atoms with van der Waals surface area (Å²) in [5.74, 6) is 0.889. The molecule has 1 fully saturated rings. The van der Waals surface area contributed by atoms with Gasteiger partial charge in [0.1, 0.15) is 0 Å². The molecule has 154 valence electrons. The molecule has 5 rings (SSSR count). The van der Waals surface area contributed by atoms with Crippen LogP contribution in [0.2, 0.25) is 0 Å².